The number of rotatable bonds is 4. The van der Waals surface area contributed by atoms with Crippen LogP contribution in [0.5, 0.6) is 0 Å². The van der Waals surface area contributed by atoms with Crippen molar-refractivity contribution in [2.75, 3.05) is 33.4 Å². The van der Waals surface area contributed by atoms with E-state index in [4.69, 9.17) is 0 Å². The molecule has 1 aliphatic heterocycles. The maximum absolute atomic E-state index is 13.2. The minimum absolute atomic E-state index is 0.00751. The Hall–Kier alpha value is -2.30. The van der Waals surface area contributed by atoms with Gasteiger partial charge in [0.15, 0.2) is 11.6 Å². The van der Waals surface area contributed by atoms with Crippen molar-refractivity contribution in [3.63, 3.8) is 0 Å². The van der Waals surface area contributed by atoms with E-state index in [1.54, 1.807) is 12.1 Å². The summed E-state index contributed by atoms with van der Waals surface area (Å²) in [5, 5.41) is 0. The third-order valence-electron chi connectivity index (χ3n) is 8.89. The summed E-state index contributed by atoms with van der Waals surface area (Å²) in [6.07, 6.45) is 7.87. The second kappa shape index (κ2) is 8.48. The number of nitrogens with zero attached hydrogens (tertiary/aromatic N) is 2. The van der Waals surface area contributed by atoms with Crippen LogP contribution in [0.3, 0.4) is 0 Å². The van der Waals surface area contributed by atoms with E-state index >= 15 is 0 Å². The third-order valence-corrected chi connectivity index (χ3v) is 8.89. The van der Waals surface area contributed by atoms with Crippen molar-refractivity contribution in [2.45, 2.75) is 44.4 Å². The number of hydrogen-bond donors (Lipinski definition) is 0. The molecule has 0 amide bonds. The molecule has 0 N–H and O–H groups in total. The molecular weight excluding hydrogens is 408 g/mol. The third kappa shape index (κ3) is 3.77. The normalized spacial score (nSPS) is 30.1. The van der Waals surface area contributed by atoms with Gasteiger partial charge in [-0.1, -0.05) is 42.8 Å². The first kappa shape index (κ1) is 21.2. The maximum atomic E-state index is 13.2. The smallest absolute Gasteiger partial charge is 0.194 e. The van der Waals surface area contributed by atoms with Gasteiger partial charge in [0.25, 0.3) is 0 Å². The Morgan fingerprint density at radius 3 is 2.36 bits per heavy atom. The van der Waals surface area contributed by atoms with Gasteiger partial charge in [0.05, 0.1) is 6.67 Å². The summed E-state index contributed by atoms with van der Waals surface area (Å²) in [6.45, 7) is 4.80. The van der Waals surface area contributed by atoms with Crippen LogP contribution < -0.4 is 0 Å². The zero-order valence-electron chi connectivity index (χ0n) is 19.6. The standard InChI is InChI=1S/C29H34N2O2/c1-30-13-14-31(18-30)17-19-9-10-20(15-19)22-7-4-8-23(22)21-11-12-26-27(16-21)29(33)25-6-3-2-5-24(25)28(26)32/h2-3,5-6,11-12,16,19-20,22-23H,4,7-10,13-15,17-18H2,1H3/t19-,20?,22?,23+/m0/s1. The Morgan fingerprint density at radius 1 is 0.848 bits per heavy atom. The average Bonchev–Trinajstić information content (AvgIpc) is 3.58. The summed E-state index contributed by atoms with van der Waals surface area (Å²) in [6, 6.07) is 13.4. The van der Waals surface area contributed by atoms with Crippen LogP contribution in [0, 0.1) is 17.8 Å². The second-order valence-electron chi connectivity index (χ2n) is 10.9. The maximum Gasteiger partial charge on any atom is 0.194 e. The minimum atomic E-state index is -0.0130. The molecule has 6 rings (SSSR count). The van der Waals surface area contributed by atoms with Gasteiger partial charge >= 0.3 is 0 Å². The zero-order valence-corrected chi connectivity index (χ0v) is 19.6. The molecule has 3 aliphatic carbocycles. The van der Waals surface area contributed by atoms with Gasteiger partial charge in [-0.15, -0.1) is 0 Å². The van der Waals surface area contributed by atoms with Crippen LogP contribution in [0.2, 0.25) is 0 Å². The summed E-state index contributed by atoms with van der Waals surface area (Å²) in [7, 11) is 2.22. The highest BCUT2D eigenvalue weighted by Gasteiger charge is 2.40. The van der Waals surface area contributed by atoms with Gasteiger partial charge in [-0.05, 0) is 74.5 Å². The quantitative estimate of drug-likeness (QED) is 0.572. The lowest BCUT2D eigenvalue weighted by Gasteiger charge is -2.28. The molecule has 2 aromatic carbocycles. The van der Waals surface area contributed by atoms with Crippen molar-refractivity contribution < 1.29 is 9.59 Å². The monoisotopic (exact) mass is 442 g/mol. The summed E-state index contributed by atoms with van der Waals surface area (Å²) in [5.41, 5.74) is 3.57. The molecule has 1 heterocycles. The number of benzene rings is 2. The summed E-state index contributed by atoms with van der Waals surface area (Å²) >= 11 is 0. The number of ketones is 2. The summed E-state index contributed by atoms with van der Waals surface area (Å²) < 4.78 is 0. The lowest BCUT2D eigenvalue weighted by molar-refractivity contribution is 0.0979. The first-order valence-electron chi connectivity index (χ1n) is 12.8. The highest BCUT2D eigenvalue weighted by atomic mass is 16.1. The highest BCUT2D eigenvalue weighted by Crippen LogP contribution is 2.50. The zero-order chi connectivity index (χ0) is 22.5. The highest BCUT2D eigenvalue weighted by molar-refractivity contribution is 6.28. The number of carbonyl (C=O) groups excluding carboxylic acids is 2. The van der Waals surface area contributed by atoms with Crippen LogP contribution in [0.25, 0.3) is 0 Å². The van der Waals surface area contributed by atoms with Gasteiger partial charge in [-0.3, -0.25) is 19.4 Å². The van der Waals surface area contributed by atoms with Crippen LogP contribution in [0.15, 0.2) is 42.5 Å². The Balaban J connectivity index is 1.20. The Morgan fingerprint density at radius 2 is 1.61 bits per heavy atom. The van der Waals surface area contributed by atoms with E-state index in [2.05, 4.69) is 29.0 Å². The SMILES string of the molecule is CN1CCN(C[C@H]2CCC(C3CCC[C@@H]3c3ccc4c(c3)C(=O)c3ccccc3C4=O)C2)C1. The number of hydrogen-bond acceptors (Lipinski definition) is 4. The molecule has 2 unspecified atom stereocenters. The first-order chi connectivity index (χ1) is 16.1. The van der Waals surface area contributed by atoms with E-state index in [-0.39, 0.29) is 11.6 Å². The molecular formula is C29H34N2O2. The number of carbonyl (C=O) groups is 2. The van der Waals surface area contributed by atoms with Crippen molar-refractivity contribution in [2.24, 2.45) is 17.8 Å². The molecule has 0 bridgehead atoms. The van der Waals surface area contributed by atoms with Crippen molar-refractivity contribution in [3.8, 4) is 0 Å². The van der Waals surface area contributed by atoms with E-state index in [9.17, 15) is 9.59 Å². The second-order valence-corrected chi connectivity index (χ2v) is 10.9. The molecule has 4 nitrogen and oxygen atoms in total. The molecule has 1 saturated heterocycles. The van der Waals surface area contributed by atoms with Gasteiger partial charge in [0, 0.05) is 41.9 Å². The Kier molecular flexibility index (Phi) is 5.46. The first-order valence-corrected chi connectivity index (χ1v) is 12.8. The summed E-state index contributed by atoms with van der Waals surface area (Å²) in [4.78, 5) is 31.3. The van der Waals surface area contributed by atoms with Crippen molar-refractivity contribution in [1.29, 1.82) is 0 Å². The fourth-order valence-electron chi connectivity index (χ4n) is 7.29. The van der Waals surface area contributed by atoms with Crippen LogP contribution >= 0.6 is 0 Å². The van der Waals surface area contributed by atoms with Gasteiger partial charge < -0.3 is 0 Å². The van der Waals surface area contributed by atoms with Crippen molar-refractivity contribution >= 4 is 11.6 Å². The lowest BCUT2D eigenvalue weighted by Crippen LogP contribution is -2.28. The van der Waals surface area contributed by atoms with Crippen LogP contribution in [0.4, 0.5) is 0 Å². The molecule has 4 heteroatoms. The molecule has 2 saturated carbocycles. The van der Waals surface area contributed by atoms with E-state index in [0.717, 1.165) is 24.4 Å². The van der Waals surface area contributed by atoms with E-state index in [1.165, 1.54) is 63.7 Å². The molecule has 0 radical (unpaired) electrons. The van der Waals surface area contributed by atoms with Crippen LogP contribution in [-0.4, -0.2) is 54.7 Å². The van der Waals surface area contributed by atoms with E-state index in [1.807, 2.05) is 18.2 Å². The molecule has 2 aromatic rings. The molecule has 172 valence electrons. The predicted molar refractivity (Wildman–Crippen MR) is 130 cm³/mol. The van der Waals surface area contributed by atoms with Gasteiger partial charge in [0.2, 0.25) is 0 Å². The molecule has 33 heavy (non-hydrogen) atoms. The summed E-state index contributed by atoms with van der Waals surface area (Å²) in [5.74, 6) is 2.88. The van der Waals surface area contributed by atoms with Gasteiger partial charge in [-0.25, -0.2) is 0 Å². The topological polar surface area (TPSA) is 40.6 Å². The van der Waals surface area contributed by atoms with Gasteiger partial charge in [-0.2, -0.15) is 0 Å². The average molecular weight is 443 g/mol. The number of fused-ring (bicyclic) bond motifs is 2. The molecule has 4 atom stereocenters. The van der Waals surface area contributed by atoms with E-state index in [0.29, 0.717) is 28.2 Å². The molecule has 4 aliphatic rings. The fourth-order valence-corrected chi connectivity index (χ4v) is 7.29. The molecule has 0 aromatic heterocycles. The molecule has 3 fully saturated rings. The largest absolute Gasteiger partial charge is 0.292 e. The minimum Gasteiger partial charge on any atom is -0.292 e. The lowest BCUT2D eigenvalue weighted by atomic mass is 9.76. The number of likely N-dealkylation sites (N-methyl/N-ethyl adjacent to an activating group) is 1. The molecule has 0 spiro atoms. The van der Waals surface area contributed by atoms with Crippen molar-refractivity contribution in [3.05, 3.63) is 70.3 Å². The van der Waals surface area contributed by atoms with Crippen LogP contribution in [-0.2, 0) is 0 Å². The Bertz CT molecular complexity index is 1090. The van der Waals surface area contributed by atoms with Gasteiger partial charge in [0.1, 0.15) is 0 Å². The van der Waals surface area contributed by atoms with E-state index < -0.39 is 0 Å². The van der Waals surface area contributed by atoms with Crippen molar-refractivity contribution in [1.82, 2.24) is 9.80 Å². The van der Waals surface area contributed by atoms with Crippen LogP contribution in [0.1, 0.15) is 81.8 Å². The fraction of sp³-hybridized carbons (Fsp3) is 0.517. The Labute approximate surface area is 197 Å². The predicted octanol–water partition coefficient (Wildman–Crippen LogP) is 4.97.